The van der Waals surface area contributed by atoms with Crippen LogP contribution in [0.3, 0.4) is 0 Å². The summed E-state index contributed by atoms with van der Waals surface area (Å²) in [6.07, 6.45) is 4.02. The van der Waals surface area contributed by atoms with Crippen LogP contribution in [0.1, 0.15) is 53.9 Å². The molecule has 1 heterocycles. The minimum atomic E-state index is 0.271. The van der Waals surface area contributed by atoms with E-state index in [1.807, 2.05) is 0 Å². The lowest BCUT2D eigenvalue weighted by Crippen LogP contribution is -2.48. The second kappa shape index (κ2) is 8.23. The SMILES string of the molecule is CC(C)N1CCN(CCCCCNC(C)(C)C)CC1. The maximum atomic E-state index is 3.56. The molecular weight excluding hydrogens is 234 g/mol. The van der Waals surface area contributed by atoms with Crippen LogP contribution in [0.25, 0.3) is 0 Å². The van der Waals surface area contributed by atoms with Gasteiger partial charge >= 0.3 is 0 Å². The molecule has 1 aliphatic heterocycles. The van der Waals surface area contributed by atoms with E-state index in [1.165, 1.54) is 52.0 Å². The van der Waals surface area contributed by atoms with Crippen LogP contribution in [0.15, 0.2) is 0 Å². The van der Waals surface area contributed by atoms with Crippen molar-refractivity contribution in [3.8, 4) is 0 Å². The number of rotatable bonds is 7. The lowest BCUT2D eigenvalue weighted by atomic mass is 10.1. The van der Waals surface area contributed by atoms with E-state index in [2.05, 4.69) is 49.7 Å². The Morgan fingerprint density at radius 3 is 2.11 bits per heavy atom. The van der Waals surface area contributed by atoms with Crippen LogP contribution in [0.2, 0.25) is 0 Å². The smallest absolute Gasteiger partial charge is 0.0113 e. The molecule has 1 aliphatic rings. The van der Waals surface area contributed by atoms with Gasteiger partial charge in [0.25, 0.3) is 0 Å². The highest BCUT2D eigenvalue weighted by Gasteiger charge is 2.17. The predicted octanol–water partition coefficient (Wildman–Crippen LogP) is 2.57. The first-order valence-corrected chi connectivity index (χ1v) is 8.10. The van der Waals surface area contributed by atoms with Crippen molar-refractivity contribution in [3.05, 3.63) is 0 Å². The molecule has 1 fully saturated rings. The van der Waals surface area contributed by atoms with E-state index >= 15 is 0 Å². The Bertz CT molecular complexity index is 225. The van der Waals surface area contributed by atoms with Crippen LogP contribution in [0.5, 0.6) is 0 Å². The number of unbranched alkanes of at least 4 members (excludes halogenated alkanes) is 2. The molecule has 3 nitrogen and oxygen atoms in total. The van der Waals surface area contributed by atoms with Crippen molar-refractivity contribution in [2.45, 2.75) is 65.5 Å². The zero-order valence-electron chi connectivity index (χ0n) is 13.8. The first-order valence-electron chi connectivity index (χ1n) is 8.10. The minimum absolute atomic E-state index is 0.271. The Balaban J connectivity index is 1.97. The summed E-state index contributed by atoms with van der Waals surface area (Å²) in [6, 6.07) is 0.714. The summed E-state index contributed by atoms with van der Waals surface area (Å²) in [5.74, 6) is 0. The molecule has 1 saturated heterocycles. The monoisotopic (exact) mass is 269 g/mol. The summed E-state index contributed by atoms with van der Waals surface area (Å²) in [5, 5.41) is 3.56. The number of piperazine rings is 1. The van der Waals surface area contributed by atoms with Gasteiger partial charge in [-0.1, -0.05) is 6.42 Å². The summed E-state index contributed by atoms with van der Waals surface area (Å²) >= 11 is 0. The van der Waals surface area contributed by atoms with Crippen LogP contribution in [0, 0.1) is 0 Å². The van der Waals surface area contributed by atoms with Gasteiger partial charge in [-0.05, 0) is 60.5 Å². The van der Waals surface area contributed by atoms with Crippen molar-refractivity contribution in [3.63, 3.8) is 0 Å². The lowest BCUT2D eigenvalue weighted by molar-refractivity contribution is 0.107. The highest BCUT2D eigenvalue weighted by molar-refractivity contribution is 4.74. The standard InChI is InChI=1S/C16H35N3/c1-15(2)19-13-11-18(12-14-19)10-8-6-7-9-17-16(3,4)5/h15,17H,6-14H2,1-5H3. The molecule has 0 atom stereocenters. The Kier molecular flexibility index (Phi) is 7.33. The number of nitrogens with one attached hydrogen (secondary N) is 1. The Morgan fingerprint density at radius 2 is 1.58 bits per heavy atom. The molecule has 1 rings (SSSR count). The molecule has 0 aromatic rings. The van der Waals surface area contributed by atoms with Gasteiger partial charge in [0.2, 0.25) is 0 Å². The third-order valence-electron chi connectivity index (χ3n) is 3.94. The molecule has 1 N–H and O–H groups in total. The van der Waals surface area contributed by atoms with Gasteiger partial charge in [0.05, 0.1) is 0 Å². The number of hydrogen-bond acceptors (Lipinski definition) is 3. The van der Waals surface area contributed by atoms with E-state index in [-0.39, 0.29) is 5.54 Å². The van der Waals surface area contributed by atoms with Crippen LogP contribution in [0.4, 0.5) is 0 Å². The zero-order chi connectivity index (χ0) is 14.3. The quantitative estimate of drug-likeness (QED) is 0.717. The second-order valence-electron chi connectivity index (χ2n) is 7.21. The largest absolute Gasteiger partial charge is 0.312 e. The highest BCUT2D eigenvalue weighted by Crippen LogP contribution is 2.07. The van der Waals surface area contributed by atoms with Gasteiger partial charge in [-0.25, -0.2) is 0 Å². The van der Waals surface area contributed by atoms with Gasteiger partial charge in [-0.15, -0.1) is 0 Å². The molecule has 0 aliphatic carbocycles. The van der Waals surface area contributed by atoms with Gasteiger partial charge in [0.1, 0.15) is 0 Å². The average Bonchev–Trinajstić information content (AvgIpc) is 2.33. The zero-order valence-corrected chi connectivity index (χ0v) is 13.8. The van der Waals surface area contributed by atoms with Gasteiger partial charge < -0.3 is 10.2 Å². The molecule has 0 saturated carbocycles. The normalized spacial score (nSPS) is 19.3. The Labute approximate surface area is 120 Å². The first-order chi connectivity index (χ1) is 8.88. The van der Waals surface area contributed by atoms with Gasteiger partial charge in [-0.2, -0.15) is 0 Å². The predicted molar refractivity (Wildman–Crippen MR) is 84.8 cm³/mol. The van der Waals surface area contributed by atoms with Crippen LogP contribution in [-0.4, -0.2) is 60.6 Å². The molecule has 0 unspecified atom stereocenters. The molecular formula is C16H35N3. The van der Waals surface area contributed by atoms with Crippen molar-refractivity contribution in [1.82, 2.24) is 15.1 Å². The molecule has 0 aromatic heterocycles. The molecule has 0 radical (unpaired) electrons. The van der Waals surface area contributed by atoms with Crippen LogP contribution in [-0.2, 0) is 0 Å². The molecule has 0 bridgehead atoms. The molecule has 0 aromatic carbocycles. The second-order valence-corrected chi connectivity index (χ2v) is 7.21. The van der Waals surface area contributed by atoms with Crippen LogP contribution >= 0.6 is 0 Å². The van der Waals surface area contributed by atoms with E-state index in [4.69, 9.17) is 0 Å². The summed E-state index contributed by atoms with van der Waals surface area (Å²) in [6.45, 7) is 18.8. The van der Waals surface area contributed by atoms with E-state index in [9.17, 15) is 0 Å². The minimum Gasteiger partial charge on any atom is -0.312 e. The summed E-state index contributed by atoms with van der Waals surface area (Å²) in [4.78, 5) is 5.22. The fraction of sp³-hybridized carbons (Fsp3) is 1.00. The maximum absolute atomic E-state index is 3.56. The topological polar surface area (TPSA) is 18.5 Å². The highest BCUT2D eigenvalue weighted by atomic mass is 15.3. The van der Waals surface area contributed by atoms with E-state index in [0.717, 1.165) is 6.54 Å². The summed E-state index contributed by atoms with van der Waals surface area (Å²) < 4.78 is 0. The van der Waals surface area contributed by atoms with Gasteiger partial charge in [0.15, 0.2) is 0 Å². The van der Waals surface area contributed by atoms with Gasteiger partial charge in [-0.3, -0.25) is 4.90 Å². The molecule has 114 valence electrons. The van der Waals surface area contributed by atoms with Crippen molar-refractivity contribution in [1.29, 1.82) is 0 Å². The van der Waals surface area contributed by atoms with Crippen LogP contribution < -0.4 is 5.32 Å². The molecule has 0 amide bonds. The average molecular weight is 269 g/mol. The van der Waals surface area contributed by atoms with E-state index in [1.54, 1.807) is 0 Å². The van der Waals surface area contributed by atoms with Crippen molar-refractivity contribution >= 4 is 0 Å². The molecule has 0 spiro atoms. The third-order valence-corrected chi connectivity index (χ3v) is 3.94. The molecule has 3 heteroatoms. The fourth-order valence-electron chi connectivity index (χ4n) is 2.60. The maximum Gasteiger partial charge on any atom is 0.0113 e. The number of nitrogens with zero attached hydrogens (tertiary/aromatic N) is 2. The summed E-state index contributed by atoms with van der Waals surface area (Å²) in [5.41, 5.74) is 0.271. The van der Waals surface area contributed by atoms with E-state index in [0.29, 0.717) is 6.04 Å². The number of hydrogen-bond donors (Lipinski definition) is 1. The molecule has 19 heavy (non-hydrogen) atoms. The Hall–Kier alpha value is -0.120. The van der Waals surface area contributed by atoms with Gasteiger partial charge in [0, 0.05) is 37.8 Å². The Morgan fingerprint density at radius 1 is 0.947 bits per heavy atom. The van der Waals surface area contributed by atoms with Crippen molar-refractivity contribution in [2.75, 3.05) is 39.3 Å². The third kappa shape index (κ3) is 7.91. The summed E-state index contributed by atoms with van der Waals surface area (Å²) in [7, 11) is 0. The lowest BCUT2D eigenvalue weighted by Gasteiger charge is -2.36. The fourth-order valence-corrected chi connectivity index (χ4v) is 2.60. The first kappa shape index (κ1) is 16.9. The van der Waals surface area contributed by atoms with Crippen molar-refractivity contribution in [2.24, 2.45) is 0 Å². The van der Waals surface area contributed by atoms with Crippen molar-refractivity contribution < 1.29 is 0 Å². The van der Waals surface area contributed by atoms with E-state index < -0.39 is 0 Å².